The molecule has 0 saturated carbocycles. The fraction of sp³-hybridized carbons (Fsp3) is 0.208. The molecule has 1 nitrogen and oxygen atoms in total. The van der Waals surface area contributed by atoms with E-state index in [4.69, 9.17) is 0 Å². The summed E-state index contributed by atoms with van der Waals surface area (Å²) in [7, 11) is 0. The second-order valence-electron chi connectivity index (χ2n) is 6.87. The zero-order valence-corrected chi connectivity index (χ0v) is 15.1. The first-order valence-corrected chi connectivity index (χ1v) is 8.86. The summed E-state index contributed by atoms with van der Waals surface area (Å²) in [6.07, 6.45) is 6.33. The van der Waals surface area contributed by atoms with Crippen molar-refractivity contribution in [3.05, 3.63) is 94.6 Å². The van der Waals surface area contributed by atoms with Crippen molar-refractivity contribution in [2.75, 3.05) is 0 Å². The molecule has 1 aliphatic carbocycles. The molecule has 2 aromatic carbocycles. The van der Waals surface area contributed by atoms with Gasteiger partial charge in [0.2, 0.25) is 0 Å². The molecule has 0 spiro atoms. The molecule has 0 aromatic heterocycles. The lowest BCUT2D eigenvalue weighted by Crippen LogP contribution is -2.22. The molecule has 0 bridgehead atoms. The van der Waals surface area contributed by atoms with Crippen molar-refractivity contribution in [3.63, 3.8) is 0 Å². The Balaban J connectivity index is 2.09. The Bertz CT molecular complexity index is 836. The van der Waals surface area contributed by atoms with Crippen molar-refractivity contribution < 1.29 is 4.79 Å². The van der Waals surface area contributed by atoms with Gasteiger partial charge < -0.3 is 0 Å². The largest absolute Gasteiger partial charge is 0.289 e. The smallest absolute Gasteiger partial charge is 0.185 e. The van der Waals surface area contributed by atoms with E-state index < -0.39 is 0 Å². The number of rotatable bonds is 3. The number of ketones is 1. The van der Waals surface area contributed by atoms with Crippen LogP contribution in [-0.4, -0.2) is 5.78 Å². The van der Waals surface area contributed by atoms with Gasteiger partial charge in [0.15, 0.2) is 5.78 Å². The average molecular weight is 328 g/mol. The summed E-state index contributed by atoms with van der Waals surface area (Å²) >= 11 is 0. The standard InChI is InChI=1S/C24H24O/c1-17(2)22-16-21(14-19-10-6-4-7-11-19)18(3)23(24(22)25)15-20-12-8-5-9-13-20/h4-18H,1-3H3/t18-/m0/s1. The van der Waals surface area contributed by atoms with E-state index in [9.17, 15) is 4.79 Å². The fourth-order valence-corrected chi connectivity index (χ4v) is 3.17. The Hall–Kier alpha value is -2.67. The Morgan fingerprint density at radius 2 is 1.36 bits per heavy atom. The number of allylic oxidation sites excluding steroid dienone is 4. The second kappa shape index (κ2) is 7.48. The highest BCUT2D eigenvalue weighted by Gasteiger charge is 2.29. The van der Waals surface area contributed by atoms with E-state index >= 15 is 0 Å². The molecule has 0 amide bonds. The lowest BCUT2D eigenvalue weighted by molar-refractivity contribution is -0.113. The van der Waals surface area contributed by atoms with Crippen LogP contribution in [0.25, 0.3) is 12.2 Å². The molecule has 1 aliphatic rings. The molecule has 2 aromatic rings. The minimum atomic E-state index is 0.0791. The fourth-order valence-electron chi connectivity index (χ4n) is 3.17. The molecule has 0 heterocycles. The normalized spacial score (nSPS) is 21.0. The SMILES string of the molecule is CC(C)C1=CC(=Cc2ccccc2)[C@H](C)C(=Cc2ccccc2)C1=O. The first-order chi connectivity index (χ1) is 12.1. The molecule has 3 rings (SSSR count). The van der Waals surface area contributed by atoms with Gasteiger partial charge in [-0.05, 0) is 28.7 Å². The van der Waals surface area contributed by atoms with E-state index in [1.807, 2.05) is 54.6 Å². The summed E-state index contributed by atoms with van der Waals surface area (Å²) in [6.45, 7) is 6.29. The summed E-state index contributed by atoms with van der Waals surface area (Å²) in [5, 5.41) is 0. The van der Waals surface area contributed by atoms with E-state index in [1.54, 1.807) is 0 Å². The van der Waals surface area contributed by atoms with Crippen LogP contribution >= 0.6 is 0 Å². The van der Waals surface area contributed by atoms with E-state index in [0.29, 0.717) is 0 Å². The van der Waals surface area contributed by atoms with Gasteiger partial charge in [0, 0.05) is 17.1 Å². The Morgan fingerprint density at radius 3 is 1.88 bits per heavy atom. The summed E-state index contributed by atoms with van der Waals surface area (Å²) in [6, 6.07) is 20.4. The first kappa shape index (κ1) is 17.2. The van der Waals surface area contributed by atoms with Crippen LogP contribution in [0.3, 0.4) is 0 Å². The Kier molecular flexibility index (Phi) is 5.14. The van der Waals surface area contributed by atoms with Crippen LogP contribution in [0, 0.1) is 11.8 Å². The molecular formula is C24H24O. The Morgan fingerprint density at radius 1 is 0.840 bits per heavy atom. The van der Waals surface area contributed by atoms with Crippen LogP contribution < -0.4 is 0 Å². The van der Waals surface area contributed by atoms with Gasteiger partial charge in [-0.1, -0.05) is 93.6 Å². The highest BCUT2D eigenvalue weighted by atomic mass is 16.1. The molecule has 1 heteroatoms. The summed E-state index contributed by atoms with van der Waals surface area (Å²) in [5.41, 5.74) is 5.19. The lowest BCUT2D eigenvalue weighted by atomic mass is 9.77. The minimum Gasteiger partial charge on any atom is -0.289 e. The molecule has 0 aliphatic heterocycles. The van der Waals surface area contributed by atoms with E-state index in [1.165, 1.54) is 5.57 Å². The molecule has 0 N–H and O–H groups in total. The van der Waals surface area contributed by atoms with Crippen molar-refractivity contribution in [2.45, 2.75) is 20.8 Å². The maximum atomic E-state index is 13.0. The van der Waals surface area contributed by atoms with Crippen molar-refractivity contribution in [1.29, 1.82) is 0 Å². The molecule has 126 valence electrons. The lowest BCUT2D eigenvalue weighted by Gasteiger charge is -2.26. The third-order valence-corrected chi connectivity index (χ3v) is 4.69. The second-order valence-corrected chi connectivity index (χ2v) is 6.87. The van der Waals surface area contributed by atoms with Gasteiger partial charge in [0.05, 0.1) is 0 Å². The molecular weight excluding hydrogens is 304 g/mol. The summed E-state index contributed by atoms with van der Waals surface area (Å²) in [5.74, 6) is 0.463. The zero-order valence-electron chi connectivity index (χ0n) is 15.1. The van der Waals surface area contributed by atoms with Crippen molar-refractivity contribution in [3.8, 4) is 0 Å². The average Bonchev–Trinajstić information content (AvgIpc) is 2.62. The number of Topliss-reactive ketones (excluding diaryl/α,β-unsaturated/α-hetero) is 1. The highest BCUT2D eigenvalue weighted by molar-refractivity contribution is 6.13. The van der Waals surface area contributed by atoms with Gasteiger partial charge in [-0.3, -0.25) is 4.79 Å². The predicted octanol–water partition coefficient (Wildman–Crippen LogP) is 5.95. The van der Waals surface area contributed by atoms with Crippen LogP contribution in [-0.2, 0) is 4.79 Å². The minimum absolute atomic E-state index is 0.0791. The van der Waals surface area contributed by atoms with Gasteiger partial charge in [0.1, 0.15) is 0 Å². The van der Waals surface area contributed by atoms with Crippen molar-refractivity contribution in [1.82, 2.24) is 0 Å². The molecule has 0 saturated heterocycles. The topological polar surface area (TPSA) is 17.1 Å². The third-order valence-electron chi connectivity index (χ3n) is 4.69. The number of carbonyl (C=O) groups excluding carboxylic acids is 1. The van der Waals surface area contributed by atoms with Gasteiger partial charge in [-0.2, -0.15) is 0 Å². The monoisotopic (exact) mass is 328 g/mol. The number of benzene rings is 2. The van der Waals surface area contributed by atoms with Crippen LogP contribution in [0.4, 0.5) is 0 Å². The van der Waals surface area contributed by atoms with Crippen LogP contribution in [0.1, 0.15) is 31.9 Å². The molecule has 0 fully saturated rings. The number of hydrogen-bond donors (Lipinski definition) is 0. The van der Waals surface area contributed by atoms with E-state index in [2.05, 4.69) is 45.1 Å². The van der Waals surface area contributed by atoms with Crippen LogP contribution in [0.2, 0.25) is 0 Å². The van der Waals surface area contributed by atoms with E-state index in [0.717, 1.165) is 22.3 Å². The van der Waals surface area contributed by atoms with Crippen LogP contribution in [0.15, 0.2) is 83.5 Å². The maximum absolute atomic E-state index is 13.0. The maximum Gasteiger partial charge on any atom is 0.185 e. The predicted molar refractivity (Wildman–Crippen MR) is 106 cm³/mol. The van der Waals surface area contributed by atoms with Gasteiger partial charge in [-0.15, -0.1) is 0 Å². The third kappa shape index (κ3) is 3.88. The molecule has 0 radical (unpaired) electrons. The van der Waals surface area contributed by atoms with Gasteiger partial charge in [-0.25, -0.2) is 0 Å². The van der Waals surface area contributed by atoms with Crippen molar-refractivity contribution in [2.24, 2.45) is 11.8 Å². The zero-order chi connectivity index (χ0) is 17.8. The summed E-state index contributed by atoms with van der Waals surface area (Å²) in [4.78, 5) is 13.0. The summed E-state index contributed by atoms with van der Waals surface area (Å²) < 4.78 is 0. The number of carbonyl (C=O) groups is 1. The van der Waals surface area contributed by atoms with E-state index in [-0.39, 0.29) is 17.6 Å². The van der Waals surface area contributed by atoms with Crippen LogP contribution in [0.5, 0.6) is 0 Å². The first-order valence-electron chi connectivity index (χ1n) is 8.86. The van der Waals surface area contributed by atoms with Crippen molar-refractivity contribution >= 4 is 17.9 Å². The number of hydrogen-bond acceptors (Lipinski definition) is 1. The molecule has 25 heavy (non-hydrogen) atoms. The molecule has 0 unspecified atom stereocenters. The molecule has 1 atom stereocenters. The van der Waals surface area contributed by atoms with Gasteiger partial charge in [0.25, 0.3) is 0 Å². The quantitative estimate of drug-likeness (QED) is 0.636. The Labute approximate surface area is 150 Å². The highest BCUT2D eigenvalue weighted by Crippen LogP contribution is 2.35. The van der Waals surface area contributed by atoms with Gasteiger partial charge >= 0.3 is 0 Å².